The molecule has 6 nitrogen and oxygen atoms in total. The van der Waals surface area contributed by atoms with E-state index in [1.807, 2.05) is 6.92 Å². The van der Waals surface area contributed by atoms with Crippen LogP contribution in [0.5, 0.6) is 11.5 Å². The van der Waals surface area contributed by atoms with Gasteiger partial charge in [0, 0.05) is 22.5 Å². The van der Waals surface area contributed by atoms with Crippen molar-refractivity contribution in [3.8, 4) is 11.5 Å². The third-order valence-electron chi connectivity index (χ3n) is 4.65. The van der Waals surface area contributed by atoms with Gasteiger partial charge in [0.25, 0.3) is 10.0 Å². The molecular weight excluding hydrogens is 400 g/mol. The van der Waals surface area contributed by atoms with Crippen molar-refractivity contribution in [3.63, 3.8) is 0 Å². The predicted octanol–water partition coefficient (Wildman–Crippen LogP) is 4.41. The fraction of sp³-hybridized carbons (Fsp3) is 0.150. The van der Waals surface area contributed by atoms with Crippen LogP contribution in [0.2, 0.25) is 5.15 Å². The van der Waals surface area contributed by atoms with Crippen molar-refractivity contribution >= 4 is 43.4 Å². The van der Waals surface area contributed by atoms with E-state index in [-0.39, 0.29) is 21.5 Å². The number of fused-ring (bicyclic) bond motifs is 3. The zero-order valence-electron chi connectivity index (χ0n) is 15.4. The molecule has 0 unspecified atom stereocenters. The molecule has 8 heteroatoms. The van der Waals surface area contributed by atoms with Gasteiger partial charge in [0.15, 0.2) is 11.5 Å². The van der Waals surface area contributed by atoms with Crippen LogP contribution in [-0.2, 0) is 10.0 Å². The Kier molecular flexibility index (Phi) is 4.24. The maximum atomic E-state index is 13.5. The first-order valence-corrected chi connectivity index (χ1v) is 10.3. The monoisotopic (exact) mass is 416 g/mol. The number of aromatic hydroxyl groups is 1. The van der Waals surface area contributed by atoms with Crippen LogP contribution in [0.3, 0.4) is 0 Å². The van der Waals surface area contributed by atoms with Crippen molar-refractivity contribution in [2.45, 2.75) is 18.7 Å². The molecule has 0 aliphatic heterocycles. The molecule has 0 bridgehead atoms. The normalized spacial score (nSPS) is 12.0. The number of rotatable bonds is 3. The Bertz CT molecular complexity index is 1340. The highest BCUT2D eigenvalue weighted by Crippen LogP contribution is 2.41. The van der Waals surface area contributed by atoms with Gasteiger partial charge in [-0.25, -0.2) is 17.4 Å². The topological polar surface area (TPSA) is 81.4 Å². The van der Waals surface area contributed by atoms with Crippen LogP contribution in [-0.4, -0.2) is 29.6 Å². The number of benzene rings is 2. The molecule has 4 rings (SSSR count). The Morgan fingerprint density at radius 3 is 2.39 bits per heavy atom. The standard InChI is InChI=1S/C20H17ClN2O4S/c1-11-4-6-13(7-5-11)28(25,26)23-15-10-17(24)18(27-3)9-14(15)19-16(23)8-12(2)22-20(19)21/h4-10,24H,1-3H3. The van der Waals surface area contributed by atoms with E-state index < -0.39 is 10.0 Å². The summed E-state index contributed by atoms with van der Waals surface area (Å²) in [4.78, 5) is 4.40. The molecule has 2 aromatic heterocycles. The molecule has 0 saturated carbocycles. The Labute approximate surface area is 167 Å². The van der Waals surface area contributed by atoms with E-state index in [0.29, 0.717) is 27.5 Å². The molecule has 1 N–H and O–H groups in total. The van der Waals surface area contributed by atoms with Crippen LogP contribution < -0.4 is 4.74 Å². The van der Waals surface area contributed by atoms with Crippen LogP contribution in [0, 0.1) is 13.8 Å². The second kappa shape index (κ2) is 6.39. The van der Waals surface area contributed by atoms with Gasteiger partial charge < -0.3 is 9.84 Å². The number of aromatic nitrogens is 2. The number of aryl methyl sites for hydroxylation is 2. The number of phenolic OH excluding ortho intramolecular Hbond substituents is 1. The summed E-state index contributed by atoms with van der Waals surface area (Å²) in [6.07, 6.45) is 0. The fourth-order valence-electron chi connectivity index (χ4n) is 3.32. The maximum Gasteiger partial charge on any atom is 0.268 e. The molecule has 0 radical (unpaired) electrons. The molecule has 28 heavy (non-hydrogen) atoms. The van der Waals surface area contributed by atoms with Crippen LogP contribution in [0.4, 0.5) is 0 Å². The molecule has 2 heterocycles. The van der Waals surface area contributed by atoms with Gasteiger partial charge in [-0.3, -0.25) is 0 Å². The summed E-state index contributed by atoms with van der Waals surface area (Å²) in [5.74, 6) is 0.0508. The number of nitrogens with zero attached hydrogens (tertiary/aromatic N) is 2. The Morgan fingerprint density at radius 2 is 1.75 bits per heavy atom. The number of hydrogen-bond acceptors (Lipinski definition) is 5. The van der Waals surface area contributed by atoms with Crippen molar-refractivity contribution in [3.05, 3.63) is 58.9 Å². The fourth-order valence-corrected chi connectivity index (χ4v) is 5.16. The van der Waals surface area contributed by atoms with Gasteiger partial charge in [0.05, 0.1) is 23.0 Å². The summed E-state index contributed by atoms with van der Waals surface area (Å²) in [6.45, 7) is 3.62. The van der Waals surface area contributed by atoms with E-state index in [0.717, 1.165) is 5.56 Å². The van der Waals surface area contributed by atoms with Crippen LogP contribution in [0.15, 0.2) is 47.4 Å². The molecule has 0 aliphatic rings. The molecular formula is C20H17ClN2O4S. The summed E-state index contributed by atoms with van der Waals surface area (Å²) in [5.41, 5.74) is 2.22. The molecule has 144 valence electrons. The maximum absolute atomic E-state index is 13.5. The number of halogens is 1. The van der Waals surface area contributed by atoms with E-state index in [1.54, 1.807) is 43.3 Å². The Morgan fingerprint density at radius 1 is 1.07 bits per heavy atom. The quantitative estimate of drug-likeness (QED) is 0.500. The highest BCUT2D eigenvalue weighted by Gasteiger charge is 2.26. The summed E-state index contributed by atoms with van der Waals surface area (Å²) in [5, 5.41) is 11.5. The third-order valence-corrected chi connectivity index (χ3v) is 6.66. The average molecular weight is 417 g/mol. The highest BCUT2D eigenvalue weighted by atomic mass is 35.5. The molecule has 0 saturated heterocycles. The van der Waals surface area contributed by atoms with E-state index in [4.69, 9.17) is 16.3 Å². The smallest absolute Gasteiger partial charge is 0.268 e. The number of methoxy groups -OCH3 is 1. The minimum absolute atomic E-state index is 0.137. The minimum atomic E-state index is -3.96. The zero-order valence-corrected chi connectivity index (χ0v) is 17.0. The molecule has 0 amide bonds. The molecule has 0 spiro atoms. The zero-order chi connectivity index (χ0) is 20.2. The van der Waals surface area contributed by atoms with E-state index in [9.17, 15) is 13.5 Å². The number of hydrogen-bond donors (Lipinski definition) is 1. The van der Waals surface area contributed by atoms with Gasteiger partial charge >= 0.3 is 0 Å². The molecule has 0 aliphatic carbocycles. The highest BCUT2D eigenvalue weighted by molar-refractivity contribution is 7.90. The lowest BCUT2D eigenvalue weighted by atomic mass is 10.1. The summed E-state index contributed by atoms with van der Waals surface area (Å²) >= 11 is 6.38. The van der Waals surface area contributed by atoms with Crippen LogP contribution in [0.25, 0.3) is 21.8 Å². The van der Waals surface area contributed by atoms with Gasteiger partial charge in [-0.15, -0.1) is 0 Å². The van der Waals surface area contributed by atoms with Gasteiger partial charge in [-0.1, -0.05) is 29.3 Å². The lowest BCUT2D eigenvalue weighted by Crippen LogP contribution is -2.13. The van der Waals surface area contributed by atoms with Gasteiger partial charge in [-0.05, 0) is 38.1 Å². The predicted molar refractivity (Wildman–Crippen MR) is 109 cm³/mol. The van der Waals surface area contributed by atoms with E-state index in [2.05, 4.69) is 4.98 Å². The lowest BCUT2D eigenvalue weighted by Gasteiger charge is -2.11. The lowest BCUT2D eigenvalue weighted by molar-refractivity contribution is 0.374. The molecule has 2 aromatic carbocycles. The number of pyridine rings is 1. The van der Waals surface area contributed by atoms with Crippen molar-refractivity contribution < 1.29 is 18.3 Å². The molecule has 4 aromatic rings. The number of phenols is 1. The SMILES string of the molecule is COc1cc2c3c(Cl)nc(C)cc3n(S(=O)(=O)c3ccc(C)cc3)c2cc1O. The van der Waals surface area contributed by atoms with Gasteiger partial charge in [-0.2, -0.15) is 0 Å². The van der Waals surface area contributed by atoms with Crippen LogP contribution in [0.1, 0.15) is 11.3 Å². The summed E-state index contributed by atoms with van der Waals surface area (Å²) in [6, 6.07) is 11.2. The second-order valence-corrected chi connectivity index (χ2v) is 8.72. The van der Waals surface area contributed by atoms with Crippen LogP contribution >= 0.6 is 11.6 Å². The van der Waals surface area contributed by atoms with Crippen molar-refractivity contribution in [2.24, 2.45) is 0 Å². The summed E-state index contributed by atoms with van der Waals surface area (Å²) in [7, 11) is -2.53. The largest absolute Gasteiger partial charge is 0.504 e. The Hall–Kier alpha value is -2.77. The second-order valence-electron chi connectivity index (χ2n) is 6.57. The summed E-state index contributed by atoms with van der Waals surface area (Å²) < 4.78 is 33.4. The first kappa shape index (κ1) is 18.6. The first-order chi connectivity index (χ1) is 13.2. The first-order valence-electron chi connectivity index (χ1n) is 8.44. The molecule has 0 atom stereocenters. The molecule has 0 fully saturated rings. The minimum Gasteiger partial charge on any atom is -0.504 e. The van der Waals surface area contributed by atoms with Gasteiger partial charge in [0.2, 0.25) is 0 Å². The van der Waals surface area contributed by atoms with E-state index in [1.165, 1.54) is 17.1 Å². The van der Waals surface area contributed by atoms with E-state index >= 15 is 0 Å². The third kappa shape index (κ3) is 2.70. The number of ether oxygens (including phenoxy) is 1. The average Bonchev–Trinajstić information content (AvgIpc) is 2.94. The van der Waals surface area contributed by atoms with Crippen molar-refractivity contribution in [1.29, 1.82) is 0 Å². The van der Waals surface area contributed by atoms with Crippen molar-refractivity contribution in [1.82, 2.24) is 8.96 Å². The Balaban J connectivity index is 2.20. The van der Waals surface area contributed by atoms with Gasteiger partial charge in [0.1, 0.15) is 5.15 Å². The van der Waals surface area contributed by atoms with Crippen molar-refractivity contribution in [2.75, 3.05) is 7.11 Å².